The van der Waals surface area contributed by atoms with Gasteiger partial charge in [-0.2, -0.15) is 0 Å². The second-order valence-corrected chi connectivity index (χ2v) is 5.84. The van der Waals surface area contributed by atoms with Crippen molar-refractivity contribution < 1.29 is 9.13 Å². The van der Waals surface area contributed by atoms with Gasteiger partial charge < -0.3 is 10.5 Å². The molecule has 0 unspecified atom stereocenters. The molecule has 2 aromatic rings. The molecule has 0 spiro atoms. The third kappa shape index (κ3) is 3.29. The second kappa shape index (κ2) is 6.08. The van der Waals surface area contributed by atoms with Crippen LogP contribution < -0.4 is 10.5 Å². The maximum Gasteiger partial charge on any atom is 0.145 e. The minimum absolute atomic E-state index is 0.0317. The zero-order valence-corrected chi connectivity index (χ0v) is 13.6. The highest BCUT2D eigenvalue weighted by atomic mass is 79.9. The Morgan fingerprint density at radius 3 is 2.65 bits per heavy atom. The molecule has 0 atom stereocenters. The van der Waals surface area contributed by atoms with E-state index in [1.807, 2.05) is 6.92 Å². The Morgan fingerprint density at radius 1 is 1.35 bits per heavy atom. The van der Waals surface area contributed by atoms with Crippen molar-refractivity contribution in [3.63, 3.8) is 0 Å². The Kier molecular flexibility index (Phi) is 4.62. The van der Waals surface area contributed by atoms with Crippen LogP contribution in [0.1, 0.15) is 11.1 Å². The fourth-order valence-electron chi connectivity index (χ4n) is 1.69. The summed E-state index contributed by atoms with van der Waals surface area (Å²) in [4.78, 5) is 0.327. The zero-order chi connectivity index (χ0) is 14.9. The lowest BCUT2D eigenvalue weighted by molar-refractivity contribution is 0.473. The predicted molar refractivity (Wildman–Crippen MR) is 86.3 cm³/mol. The van der Waals surface area contributed by atoms with E-state index in [1.54, 1.807) is 18.2 Å². The number of aryl methyl sites for hydroxylation is 1. The maximum atomic E-state index is 13.4. The van der Waals surface area contributed by atoms with Gasteiger partial charge in [-0.25, -0.2) is 4.39 Å². The van der Waals surface area contributed by atoms with E-state index in [9.17, 15) is 4.39 Å². The van der Waals surface area contributed by atoms with Gasteiger partial charge in [0.05, 0.1) is 9.50 Å². The minimum atomic E-state index is -0.540. The molecule has 0 bridgehead atoms. The topological polar surface area (TPSA) is 35.2 Å². The Hall–Kier alpha value is -1.17. The predicted octanol–water partition coefficient (Wildman–Crippen LogP) is 4.98. The Morgan fingerprint density at radius 2 is 2.05 bits per heavy atom. The molecule has 0 aromatic heterocycles. The van der Waals surface area contributed by atoms with Crippen molar-refractivity contribution in [3.8, 4) is 11.5 Å². The lowest BCUT2D eigenvalue weighted by Gasteiger charge is -2.11. The van der Waals surface area contributed by atoms with Crippen molar-refractivity contribution in [3.05, 3.63) is 56.8 Å². The molecule has 0 saturated heterocycles. The number of halogens is 3. The molecule has 0 aliphatic carbocycles. The largest absolute Gasteiger partial charge is 0.456 e. The van der Waals surface area contributed by atoms with Crippen LogP contribution in [0.25, 0.3) is 0 Å². The van der Waals surface area contributed by atoms with Crippen LogP contribution in [0.15, 0.2) is 34.8 Å². The summed E-state index contributed by atoms with van der Waals surface area (Å²) in [5.41, 5.74) is 7.27. The van der Waals surface area contributed by atoms with Crippen molar-refractivity contribution in [1.29, 1.82) is 0 Å². The van der Waals surface area contributed by atoms with E-state index in [-0.39, 0.29) is 5.02 Å². The molecule has 0 radical (unpaired) electrons. The first-order valence-corrected chi connectivity index (χ1v) is 7.19. The SMILES string of the molecule is Cc1cc(Oc2cc(F)c(Cl)cc2Br)ccc1C(N)=S. The van der Waals surface area contributed by atoms with Gasteiger partial charge >= 0.3 is 0 Å². The summed E-state index contributed by atoms with van der Waals surface area (Å²) in [6, 6.07) is 7.95. The summed E-state index contributed by atoms with van der Waals surface area (Å²) < 4.78 is 19.6. The third-order valence-electron chi connectivity index (χ3n) is 2.67. The Bertz CT molecular complexity index is 693. The van der Waals surface area contributed by atoms with Crippen LogP contribution in [0.2, 0.25) is 5.02 Å². The average molecular weight is 375 g/mol. The molecular weight excluding hydrogens is 365 g/mol. The molecule has 20 heavy (non-hydrogen) atoms. The van der Waals surface area contributed by atoms with E-state index in [1.165, 1.54) is 12.1 Å². The first-order valence-electron chi connectivity index (χ1n) is 5.61. The summed E-state index contributed by atoms with van der Waals surface area (Å²) in [5, 5.41) is 0.0317. The molecule has 0 aliphatic heterocycles. The fourth-order valence-corrected chi connectivity index (χ4v) is 2.63. The second-order valence-electron chi connectivity index (χ2n) is 4.14. The van der Waals surface area contributed by atoms with E-state index < -0.39 is 5.82 Å². The zero-order valence-electron chi connectivity index (χ0n) is 10.4. The van der Waals surface area contributed by atoms with Gasteiger partial charge in [0.25, 0.3) is 0 Å². The van der Waals surface area contributed by atoms with E-state index in [0.29, 0.717) is 21.0 Å². The molecule has 2 nitrogen and oxygen atoms in total. The molecule has 2 rings (SSSR count). The quantitative estimate of drug-likeness (QED) is 0.608. The van der Waals surface area contributed by atoms with Crippen molar-refractivity contribution >= 4 is 44.7 Å². The molecule has 2 aromatic carbocycles. The average Bonchev–Trinajstić information content (AvgIpc) is 2.35. The number of thiocarbonyl (C=S) groups is 1. The lowest BCUT2D eigenvalue weighted by Crippen LogP contribution is -2.10. The van der Waals surface area contributed by atoms with Crippen LogP contribution in [0.5, 0.6) is 11.5 Å². The molecular formula is C14H10BrClFNOS. The summed E-state index contributed by atoms with van der Waals surface area (Å²) >= 11 is 13.9. The van der Waals surface area contributed by atoms with Crippen LogP contribution in [-0.4, -0.2) is 4.99 Å². The number of ether oxygens (including phenoxy) is 1. The molecule has 0 amide bonds. The van der Waals surface area contributed by atoms with E-state index in [0.717, 1.165) is 11.1 Å². The summed E-state index contributed by atoms with van der Waals surface area (Å²) in [6.45, 7) is 1.87. The van der Waals surface area contributed by atoms with Crippen LogP contribution in [0.3, 0.4) is 0 Å². The molecule has 0 fully saturated rings. The van der Waals surface area contributed by atoms with Gasteiger partial charge in [0, 0.05) is 11.6 Å². The highest BCUT2D eigenvalue weighted by Crippen LogP contribution is 2.34. The summed E-state index contributed by atoms with van der Waals surface area (Å²) in [5.74, 6) is 0.362. The number of hydrogen-bond donors (Lipinski definition) is 1. The van der Waals surface area contributed by atoms with Gasteiger partial charge in [-0.15, -0.1) is 0 Å². The highest BCUT2D eigenvalue weighted by Gasteiger charge is 2.10. The Labute approximate surface area is 134 Å². The summed E-state index contributed by atoms with van der Waals surface area (Å²) in [6.07, 6.45) is 0. The molecule has 0 saturated carbocycles. The van der Waals surface area contributed by atoms with Crippen LogP contribution in [-0.2, 0) is 0 Å². The Balaban J connectivity index is 2.33. The number of hydrogen-bond acceptors (Lipinski definition) is 2. The smallest absolute Gasteiger partial charge is 0.145 e. The van der Waals surface area contributed by atoms with Crippen LogP contribution in [0.4, 0.5) is 4.39 Å². The van der Waals surface area contributed by atoms with E-state index in [2.05, 4.69) is 15.9 Å². The van der Waals surface area contributed by atoms with Crippen molar-refractivity contribution in [2.24, 2.45) is 5.73 Å². The van der Waals surface area contributed by atoms with Gasteiger partial charge in [-0.1, -0.05) is 23.8 Å². The monoisotopic (exact) mass is 373 g/mol. The molecule has 104 valence electrons. The molecule has 2 N–H and O–H groups in total. The standard InChI is InChI=1S/C14H10BrClFNOS/c1-7-4-8(2-3-9(7)14(18)20)19-13-6-12(17)11(16)5-10(13)15/h2-6H,1H3,(H2,18,20). The third-order valence-corrected chi connectivity index (χ3v) is 3.80. The van der Waals surface area contributed by atoms with Gasteiger partial charge in [-0.05, 0) is 52.7 Å². The van der Waals surface area contributed by atoms with Gasteiger partial charge in [0.1, 0.15) is 22.3 Å². The highest BCUT2D eigenvalue weighted by molar-refractivity contribution is 9.10. The van der Waals surface area contributed by atoms with Gasteiger partial charge in [-0.3, -0.25) is 0 Å². The number of nitrogens with two attached hydrogens (primary N) is 1. The minimum Gasteiger partial charge on any atom is -0.456 e. The molecule has 6 heteroatoms. The molecule has 0 heterocycles. The number of rotatable bonds is 3. The van der Waals surface area contributed by atoms with Gasteiger partial charge in [0.15, 0.2) is 0 Å². The van der Waals surface area contributed by atoms with Crippen LogP contribution >= 0.6 is 39.7 Å². The van der Waals surface area contributed by atoms with Crippen LogP contribution in [0, 0.1) is 12.7 Å². The first-order chi connectivity index (χ1) is 9.38. The summed E-state index contributed by atoms with van der Waals surface area (Å²) in [7, 11) is 0. The first kappa shape index (κ1) is 15.2. The number of benzene rings is 2. The normalized spacial score (nSPS) is 10.4. The van der Waals surface area contributed by atoms with Crippen molar-refractivity contribution in [2.75, 3.05) is 0 Å². The van der Waals surface area contributed by atoms with Crippen molar-refractivity contribution in [2.45, 2.75) is 6.92 Å². The lowest BCUT2D eigenvalue weighted by atomic mass is 10.1. The van der Waals surface area contributed by atoms with Gasteiger partial charge in [0.2, 0.25) is 0 Å². The molecule has 0 aliphatic rings. The maximum absolute atomic E-state index is 13.4. The fraction of sp³-hybridized carbons (Fsp3) is 0.0714. The van der Waals surface area contributed by atoms with E-state index >= 15 is 0 Å². The van der Waals surface area contributed by atoms with Crippen molar-refractivity contribution in [1.82, 2.24) is 0 Å². The van der Waals surface area contributed by atoms with E-state index in [4.69, 9.17) is 34.3 Å².